The molecule has 260 valence electrons. The van der Waals surface area contributed by atoms with Crippen LogP contribution in [0.15, 0.2) is 69.8 Å². The van der Waals surface area contributed by atoms with E-state index in [4.69, 9.17) is 9.47 Å². The van der Waals surface area contributed by atoms with E-state index in [-0.39, 0.29) is 40.3 Å². The Labute approximate surface area is 288 Å². The van der Waals surface area contributed by atoms with Gasteiger partial charge in [0.2, 0.25) is 0 Å². The third-order valence-corrected chi connectivity index (χ3v) is 16.8. The molecule has 0 saturated heterocycles. The summed E-state index contributed by atoms with van der Waals surface area (Å²) in [5, 5.41) is 25.6. The van der Waals surface area contributed by atoms with Crippen molar-refractivity contribution in [2.75, 3.05) is 33.9 Å². The first-order valence-electron chi connectivity index (χ1n) is 17.4. The fourth-order valence-electron chi connectivity index (χ4n) is 11.0. The number of carbonyl (C=O) groups excluding carboxylic acids is 1. The van der Waals surface area contributed by atoms with Gasteiger partial charge in [-0.1, -0.05) is 38.1 Å². The number of sulfonamides is 1. The number of aliphatic hydroxyl groups is 2. The van der Waals surface area contributed by atoms with Crippen molar-refractivity contribution >= 4 is 27.1 Å². The first-order valence-corrected chi connectivity index (χ1v) is 19.7. The third kappa shape index (κ3) is 4.73. The van der Waals surface area contributed by atoms with Crippen molar-refractivity contribution < 1.29 is 32.9 Å². The maximum absolute atomic E-state index is 14.8. The van der Waals surface area contributed by atoms with Crippen LogP contribution < -0.4 is 4.74 Å². The molecule has 0 aliphatic heterocycles. The molecule has 3 fully saturated rings. The number of hydrogen-bond acceptors (Lipinski definition) is 8. The van der Waals surface area contributed by atoms with E-state index in [1.165, 1.54) is 15.6 Å². The predicted molar refractivity (Wildman–Crippen MR) is 185 cm³/mol. The van der Waals surface area contributed by atoms with Crippen LogP contribution in [-0.2, 0) is 14.8 Å². The van der Waals surface area contributed by atoms with Gasteiger partial charge in [-0.05, 0) is 104 Å². The zero-order chi connectivity index (χ0) is 34.2. The summed E-state index contributed by atoms with van der Waals surface area (Å²) >= 11 is 1.19. The average Bonchev–Trinajstić information content (AvgIpc) is 3.71. The van der Waals surface area contributed by atoms with Gasteiger partial charge in [0, 0.05) is 54.2 Å². The van der Waals surface area contributed by atoms with Gasteiger partial charge >= 0.3 is 0 Å². The smallest absolute Gasteiger partial charge is 0.252 e. The number of methoxy groups -OCH3 is 2. The number of thiophene rings is 1. The highest BCUT2D eigenvalue weighted by molar-refractivity contribution is 7.91. The van der Waals surface area contributed by atoms with Crippen LogP contribution in [0.3, 0.4) is 0 Å². The van der Waals surface area contributed by atoms with Crippen molar-refractivity contribution in [3.8, 4) is 5.75 Å². The van der Waals surface area contributed by atoms with Crippen molar-refractivity contribution in [2.24, 2.45) is 33.5 Å². The molecule has 2 N–H and O–H groups in total. The second-order valence-electron chi connectivity index (χ2n) is 15.5. The molecule has 1 heterocycles. The number of allylic oxidation sites excluding steroid dienone is 4. The molecule has 0 radical (unpaired) electrons. The van der Waals surface area contributed by atoms with Gasteiger partial charge in [0.25, 0.3) is 10.0 Å². The lowest BCUT2D eigenvalue weighted by molar-refractivity contribution is -0.173. The molecule has 2 aromatic rings. The molecule has 1 aromatic carbocycles. The predicted octanol–water partition coefficient (Wildman–Crippen LogP) is 6.26. The Kier molecular flexibility index (Phi) is 8.44. The summed E-state index contributed by atoms with van der Waals surface area (Å²) in [4.78, 5) is 14.8. The van der Waals surface area contributed by atoms with Crippen molar-refractivity contribution in [1.29, 1.82) is 0 Å². The molecule has 8 nitrogen and oxygen atoms in total. The normalized spacial score (nSPS) is 38.3. The van der Waals surface area contributed by atoms with E-state index in [2.05, 4.69) is 32.1 Å². The van der Waals surface area contributed by atoms with E-state index < -0.39 is 38.0 Å². The van der Waals surface area contributed by atoms with E-state index in [1.807, 2.05) is 24.3 Å². The minimum absolute atomic E-state index is 0.00667. The molecule has 48 heavy (non-hydrogen) atoms. The number of Topliss-reactive ketones (excluding diaryl/α,β-unsaturated/α-hetero) is 1. The number of nitrogens with zero attached hydrogens (tertiary/aromatic N) is 1. The van der Waals surface area contributed by atoms with Crippen molar-refractivity contribution in [2.45, 2.75) is 81.1 Å². The summed E-state index contributed by atoms with van der Waals surface area (Å²) in [6.45, 7) is 5.17. The summed E-state index contributed by atoms with van der Waals surface area (Å²) in [6, 6.07) is 10.7. The van der Waals surface area contributed by atoms with Gasteiger partial charge in [0.15, 0.2) is 5.78 Å². The molecule has 1 aromatic heterocycles. The molecular formula is C38H49NO7S2. The highest BCUT2D eigenvalue weighted by atomic mass is 32.2. The molecule has 0 amide bonds. The number of ether oxygens (including phenoxy) is 2. The van der Waals surface area contributed by atoms with Crippen LogP contribution in [-0.4, -0.2) is 74.3 Å². The molecule has 3 saturated carbocycles. The molecule has 2 bridgehead atoms. The standard InChI is InChI=1S/C38H49NO7S2/c1-34-15-12-27(40)23-36(34)18-19-38(29(24-36)33(41)26-8-10-28(46-4)11-9-26)30(34)13-16-35(2)31(38)14-17-37(35,42)25-39(20-6-21-45-3)48(43,44)32-7-5-22-47-32/h5,7-11,18-19,22,24,27,30-31,40,42H,6,12-17,20-21,23,25H2,1-4H3/t27?,30-,31-,34-,35+,36+,37-,38-/m1/s1. The fourth-order valence-corrected chi connectivity index (χ4v) is 13.7. The van der Waals surface area contributed by atoms with Crippen LogP contribution in [0, 0.1) is 33.5 Å². The number of rotatable bonds is 11. The Morgan fingerprint density at radius 2 is 1.71 bits per heavy atom. The number of aliphatic hydroxyl groups excluding tert-OH is 1. The summed E-state index contributed by atoms with van der Waals surface area (Å²) in [7, 11) is -0.626. The minimum Gasteiger partial charge on any atom is -0.497 e. The maximum Gasteiger partial charge on any atom is 0.252 e. The van der Waals surface area contributed by atoms with Crippen LogP contribution in [0.4, 0.5) is 0 Å². The Morgan fingerprint density at radius 3 is 2.40 bits per heavy atom. The summed E-state index contributed by atoms with van der Waals surface area (Å²) in [6.07, 6.45) is 11.7. The number of benzene rings is 1. The van der Waals surface area contributed by atoms with Crippen LogP contribution >= 0.6 is 11.3 Å². The number of carbonyl (C=O) groups is 1. The molecule has 8 rings (SSSR count). The highest BCUT2D eigenvalue weighted by Gasteiger charge is 2.74. The Morgan fingerprint density at radius 1 is 1.00 bits per heavy atom. The van der Waals surface area contributed by atoms with Crippen molar-refractivity contribution in [1.82, 2.24) is 4.31 Å². The van der Waals surface area contributed by atoms with Gasteiger partial charge in [-0.25, -0.2) is 8.42 Å². The first kappa shape index (κ1) is 34.1. The van der Waals surface area contributed by atoms with Gasteiger partial charge in [-0.3, -0.25) is 4.79 Å². The number of hydrogen-bond donors (Lipinski definition) is 2. The first-order chi connectivity index (χ1) is 22.8. The van der Waals surface area contributed by atoms with Gasteiger partial charge < -0.3 is 19.7 Å². The second kappa shape index (κ2) is 11.9. The Balaban J connectivity index is 1.32. The zero-order valence-electron chi connectivity index (χ0n) is 28.5. The molecule has 6 aliphatic rings. The van der Waals surface area contributed by atoms with Crippen LogP contribution in [0.1, 0.15) is 75.6 Å². The largest absolute Gasteiger partial charge is 0.497 e. The van der Waals surface area contributed by atoms with Crippen molar-refractivity contribution in [3.05, 3.63) is 71.1 Å². The fraction of sp³-hybridized carbons (Fsp3) is 0.605. The van der Waals surface area contributed by atoms with Gasteiger partial charge in [0.05, 0.1) is 18.8 Å². The summed E-state index contributed by atoms with van der Waals surface area (Å²) in [5.74, 6) is 0.736. The van der Waals surface area contributed by atoms with E-state index in [1.54, 1.807) is 31.7 Å². The van der Waals surface area contributed by atoms with Crippen LogP contribution in [0.5, 0.6) is 5.75 Å². The highest BCUT2D eigenvalue weighted by Crippen LogP contribution is 2.78. The minimum atomic E-state index is -3.84. The van der Waals surface area contributed by atoms with E-state index >= 15 is 0 Å². The van der Waals surface area contributed by atoms with Crippen molar-refractivity contribution in [3.63, 3.8) is 0 Å². The summed E-state index contributed by atoms with van der Waals surface area (Å²) < 4.78 is 40.4. The van der Waals surface area contributed by atoms with Gasteiger partial charge in [-0.15, -0.1) is 11.3 Å². The molecule has 8 atom stereocenters. The average molecular weight is 696 g/mol. The third-order valence-electron chi connectivity index (χ3n) is 13.6. The zero-order valence-corrected chi connectivity index (χ0v) is 30.1. The quantitative estimate of drug-likeness (QED) is 0.162. The summed E-state index contributed by atoms with van der Waals surface area (Å²) in [5.41, 5.74) is -1.79. The molecule has 6 aliphatic carbocycles. The van der Waals surface area contributed by atoms with E-state index in [9.17, 15) is 23.4 Å². The van der Waals surface area contributed by atoms with Crippen LogP contribution in [0.2, 0.25) is 0 Å². The van der Waals surface area contributed by atoms with Gasteiger partial charge in [0.1, 0.15) is 9.96 Å². The van der Waals surface area contributed by atoms with E-state index in [0.717, 1.165) is 31.3 Å². The Bertz CT molecular complexity index is 1720. The number of fused-ring (bicyclic) bond motifs is 1. The topological polar surface area (TPSA) is 113 Å². The monoisotopic (exact) mass is 695 g/mol. The molecular weight excluding hydrogens is 647 g/mol. The number of ketones is 1. The van der Waals surface area contributed by atoms with Gasteiger partial charge in [-0.2, -0.15) is 4.31 Å². The van der Waals surface area contributed by atoms with E-state index in [0.29, 0.717) is 43.6 Å². The maximum atomic E-state index is 14.8. The lowest BCUT2D eigenvalue weighted by atomic mass is 9.32. The second-order valence-corrected chi connectivity index (χ2v) is 18.6. The molecule has 10 heteroatoms. The lowest BCUT2D eigenvalue weighted by Gasteiger charge is -2.71. The Hall–Kier alpha value is -2.34. The lowest BCUT2D eigenvalue weighted by Crippen LogP contribution is -2.67. The molecule has 1 unspecified atom stereocenters. The molecule has 2 spiro atoms. The SMILES string of the molecule is COCCCN(C[C@]1(O)CC[C@H]2[C@]34C=C[C@@]5(C=C3C(=O)c3ccc(OC)cc3)CC(O)CC[C@]5(C)[C@H]4CC[C@@]21C)S(=O)(=O)c1cccs1. The van der Waals surface area contributed by atoms with Crippen LogP contribution in [0.25, 0.3) is 0 Å².